The van der Waals surface area contributed by atoms with Crippen LogP contribution in [0.25, 0.3) is 0 Å². The van der Waals surface area contributed by atoms with E-state index < -0.39 is 80.5 Å². The highest BCUT2D eigenvalue weighted by Crippen LogP contribution is 2.30. The van der Waals surface area contributed by atoms with Gasteiger partial charge >= 0.3 is 6.16 Å². The van der Waals surface area contributed by atoms with Crippen molar-refractivity contribution < 1.29 is 61.1 Å². The fraction of sp³-hybridized carbons (Fsp3) is 0.640. The van der Waals surface area contributed by atoms with Gasteiger partial charge in [-0.1, -0.05) is 73.4 Å². The Balaban J connectivity index is 0.00000445. The quantitative estimate of drug-likeness (QED) is 0.0520. The number of non-ortho nitro benzene ring substituents is 1. The van der Waals surface area contributed by atoms with Crippen molar-refractivity contribution in [1.82, 2.24) is 30.1 Å². The van der Waals surface area contributed by atoms with E-state index in [0.29, 0.717) is 44.2 Å². The summed E-state index contributed by atoms with van der Waals surface area (Å²) in [5, 5.41) is 15.7. The number of hydrogen-bond acceptors (Lipinski definition) is 15. The molecule has 0 bridgehead atoms. The Labute approximate surface area is 424 Å². The summed E-state index contributed by atoms with van der Waals surface area (Å²) < 4.78 is 50.0. The van der Waals surface area contributed by atoms with Crippen LogP contribution in [0.3, 0.4) is 0 Å². The predicted octanol–water partition coefficient (Wildman–Crippen LogP) is 4.85. The Hall–Kier alpha value is -5.71. The number of amides is 5. The van der Waals surface area contributed by atoms with Crippen molar-refractivity contribution in [1.29, 1.82) is 0 Å². The second kappa shape index (κ2) is 28.5. The molecule has 1 saturated carbocycles. The largest absolute Gasteiger partial charge is 0.519 e. The summed E-state index contributed by atoms with van der Waals surface area (Å²) in [5.41, 5.74) is 0.268. The molecule has 22 heteroatoms. The van der Waals surface area contributed by atoms with Crippen LogP contribution in [-0.2, 0) is 49.9 Å². The van der Waals surface area contributed by atoms with Crippen LogP contribution in [0, 0.1) is 27.9 Å². The second-order valence-corrected chi connectivity index (χ2v) is 21.0. The molecule has 2 aliphatic rings. The smallest absolute Gasteiger partial charge is 0.395 e. The van der Waals surface area contributed by atoms with Crippen molar-refractivity contribution in [3.63, 3.8) is 0 Å². The molecule has 5 amide bonds. The molecule has 2 aromatic rings. The maximum absolute atomic E-state index is 14.3. The van der Waals surface area contributed by atoms with Gasteiger partial charge in [-0.3, -0.25) is 43.7 Å². The van der Waals surface area contributed by atoms with Crippen molar-refractivity contribution in [2.24, 2.45) is 17.8 Å². The summed E-state index contributed by atoms with van der Waals surface area (Å²) in [7, 11) is 4.14. The zero-order valence-electron chi connectivity index (χ0n) is 43.9. The Bertz CT molecular complexity index is 2230. The lowest BCUT2D eigenvalue weighted by atomic mass is 9.90. The summed E-state index contributed by atoms with van der Waals surface area (Å²) in [6.07, 6.45) is 0.840. The van der Waals surface area contributed by atoms with Crippen LogP contribution in [0.4, 0.5) is 10.5 Å². The molecule has 3 N–H and O–H groups in total. The average molecular weight is 1030 g/mol. The molecule has 8 atom stereocenters. The number of benzene rings is 2. The number of methoxy groups -OCH3 is 2. The zero-order chi connectivity index (χ0) is 54.0. The number of nitrogens with zero attached hydrogens (tertiary/aromatic N) is 4. The van der Waals surface area contributed by atoms with Crippen LogP contribution in [0.15, 0.2) is 48.5 Å². The fourth-order valence-corrected chi connectivity index (χ4v) is 10.2. The van der Waals surface area contributed by atoms with Crippen molar-refractivity contribution in [3.05, 3.63) is 64.2 Å². The molecule has 1 aliphatic heterocycles. The standard InChI is InChI=1S/C47H69N7O14S.C3H8/c1-11-29(4)42(52(8)40(56)27-48-46(59)41(28(2)3)51(6)7)38(65-9)26-39(55)53-24-12-13-37(53)43(66-10)30(5)44(57)49-36(45(58)50-69(63,64)35-22-23-35)25-31-14-18-33(19-15-31)67-47(60)68-34-20-16-32(17-21-34)54(61)62;1-3-2/h14-21,28-30,35-38,41-43H,11-13,22-27H2,1-10H3,(H,48,59)(H,49,57)(H,50,58);3H2,1-2H3. The molecule has 0 radical (unpaired) electrons. The van der Waals surface area contributed by atoms with Gasteiger partial charge in [0, 0.05) is 46.4 Å². The molecule has 21 nitrogen and oxygen atoms in total. The molecular weight excluding hydrogens is 955 g/mol. The third-order valence-corrected chi connectivity index (χ3v) is 14.7. The summed E-state index contributed by atoms with van der Waals surface area (Å²) in [4.78, 5) is 96.4. The van der Waals surface area contributed by atoms with Crippen molar-refractivity contribution in [3.8, 4) is 11.5 Å². The molecule has 1 heterocycles. The SMILES string of the molecule is CCC.CCC(C)C(C(CC(=O)N1CCCC1C(OC)C(C)C(=O)NC(Cc1ccc(OC(=O)Oc2ccc([N+](=O)[O-])cc2)cc1)C(=O)NS(=O)(=O)C1CC1)OC)N(C)C(=O)CNC(=O)C(C(C)C)N(C)C. The first-order valence-electron chi connectivity index (χ1n) is 24.6. The number of nitro benzene ring substituents is 1. The monoisotopic (exact) mass is 1030 g/mol. The molecule has 2 aromatic carbocycles. The van der Waals surface area contributed by atoms with E-state index in [-0.39, 0.29) is 66.1 Å². The number of sulfonamides is 1. The maximum atomic E-state index is 14.3. The first kappa shape index (κ1) is 60.6. The number of likely N-dealkylation sites (N-methyl/N-ethyl adjacent to an activating group) is 2. The summed E-state index contributed by atoms with van der Waals surface area (Å²) in [5.74, 6) is -3.46. The molecule has 0 aromatic heterocycles. The molecule has 0 spiro atoms. The fourth-order valence-electron chi connectivity index (χ4n) is 8.81. The molecule has 4 rings (SSSR count). The lowest BCUT2D eigenvalue weighted by Crippen LogP contribution is -2.56. The van der Waals surface area contributed by atoms with Gasteiger partial charge in [0.2, 0.25) is 33.7 Å². The van der Waals surface area contributed by atoms with Gasteiger partial charge in [0.1, 0.15) is 17.5 Å². The summed E-state index contributed by atoms with van der Waals surface area (Å²) in [6.45, 7) is 13.8. The highest BCUT2D eigenvalue weighted by molar-refractivity contribution is 7.90. The summed E-state index contributed by atoms with van der Waals surface area (Å²) in [6, 6.07) is 7.72. The van der Waals surface area contributed by atoms with Crippen LogP contribution in [0.1, 0.15) is 99.0 Å². The number of carbonyl (C=O) groups excluding carboxylic acids is 6. The van der Waals surface area contributed by atoms with Gasteiger partial charge in [0.05, 0.1) is 59.4 Å². The first-order chi connectivity index (χ1) is 33.9. The van der Waals surface area contributed by atoms with Crippen molar-refractivity contribution >= 4 is 51.4 Å². The van der Waals surface area contributed by atoms with Crippen molar-refractivity contribution in [2.45, 2.75) is 141 Å². The van der Waals surface area contributed by atoms with E-state index in [1.54, 1.807) is 37.9 Å². The minimum Gasteiger partial charge on any atom is -0.395 e. The number of likely N-dealkylation sites (tertiary alicyclic amines) is 1. The summed E-state index contributed by atoms with van der Waals surface area (Å²) >= 11 is 0. The van der Waals surface area contributed by atoms with Crippen LogP contribution >= 0.6 is 0 Å². The number of nitro groups is 1. The highest BCUT2D eigenvalue weighted by Gasteiger charge is 2.43. The van der Waals surface area contributed by atoms with E-state index in [1.807, 2.05) is 27.7 Å². The number of hydrogen-bond donors (Lipinski definition) is 3. The lowest BCUT2D eigenvalue weighted by Gasteiger charge is -2.39. The van der Waals surface area contributed by atoms with Gasteiger partial charge in [-0.2, -0.15) is 0 Å². The van der Waals surface area contributed by atoms with Crippen molar-refractivity contribution in [2.75, 3.05) is 48.5 Å². The van der Waals surface area contributed by atoms with Gasteiger partial charge in [-0.15, -0.1) is 0 Å². The number of rotatable bonds is 25. The Morgan fingerprint density at radius 2 is 1.40 bits per heavy atom. The third kappa shape index (κ3) is 17.5. The Kier molecular flexibility index (Phi) is 24.0. The maximum Gasteiger partial charge on any atom is 0.519 e. The van der Waals surface area contributed by atoms with Gasteiger partial charge in [-0.05, 0) is 81.4 Å². The van der Waals surface area contributed by atoms with E-state index in [1.165, 1.54) is 61.9 Å². The zero-order valence-corrected chi connectivity index (χ0v) is 44.7. The molecule has 2 fully saturated rings. The predicted molar refractivity (Wildman–Crippen MR) is 269 cm³/mol. The molecule has 8 unspecified atom stereocenters. The van der Waals surface area contributed by atoms with E-state index in [0.717, 1.165) is 12.1 Å². The molecule has 1 saturated heterocycles. The third-order valence-electron chi connectivity index (χ3n) is 12.8. The van der Waals surface area contributed by atoms with E-state index in [4.69, 9.17) is 18.9 Å². The first-order valence-corrected chi connectivity index (χ1v) is 26.1. The van der Waals surface area contributed by atoms with E-state index >= 15 is 0 Å². The van der Waals surface area contributed by atoms with E-state index in [2.05, 4.69) is 29.2 Å². The minimum atomic E-state index is -4.01. The molecule has 402 valence electrons. The van der Waals surface area contributed by atoms with E-state index in [9.17, 15) is 47.3 Å². The van der Waals surface area contributed by atoms with Gasteiger partial charge in [0.25, 0.3) is 11.6 Å². The Morgan fingerprint density at radius 3 is 1.89 bits per heavy atom. The lowest BCUT2D eigenvalue weighted by molar-refractivity contribution is -0.384. The van der Waals surface area contributed by atoms with Gasteiger partial charge < -0.3 is 39.4 Å². The van der Waals surface area contributed by atoms with Crippen LogP contribution in [0.2, 0.25) is 0 Å². The van der Waals surface area contributed by atoms with Crippen LogP contribution < -0.4 is 24.8 Å². The van der Waals surface area contributed by atoms with Crippen LogP contribution in [0.5, 0.6) is 11.5 Å². The number of ether oxygens (including phenoxy) is 4. The molecule has 1 aliphatic carbocycles. The highest BCUT2D eigenvalue weighted by atomic mass is 32.2. The molecule has 72 heavy (non-hydrogen) atoms. The average Bonchev–Trinajstić information content (AvgIpc) is 4.09. The number of carbonyl (C=O) groups is 6. The normalized spacial score (nSPS) is 17.5. The minimum absolute atomic E-state index is 0.00825. The van der Waals surface area contributed by atoms with Gasteiger partial charge in [0.15, 0.2) is 0 Å². The molecular formula is C50H77N7O14S. The van der Waals surface area contributed by atoms with Crippen LogP contribution in [-0.4, -0.2) is 154 Å². The Morgan fingerprint density at radius 1 is 0.833 bits per heavy atom. The topological polar surface area (TPSA) is 262 Å². The second-order valence-electron chi connectivity index (χ2n) is 19.0. The number of nitrogens with one attached hydrogen (secondary N) is 3. The van der Waals surface area contributed by atoms with Gasteiger partial charge in [-0.25, -0.2) is 13.2 Å².